The minimum Gasteiger partial charge on any atom is -0.465 e. The Morgan fingerprint density at radius 2 is 2.00 bits per heavy atom. The number of nitrogens with one attached hydrogen (secondary N) is 2. The highest BCUT2D eigenvalue weighted by atomic mass is 16.4. The third kappa shape index (κ3) is 3.67. The molecule has 16 heavy (non-hydrogen) atoms. The van der Waals surface area contributed by atoms with Gasteiger partial charge in [-0.2, -0.15) is 0 Å². The fraction of sp³-hybridized carbons (Fsp3) is 0.917. The molecule has 0 spiro atoms. The van der Waals surface area contributed by atoms with Gasteiger partial charge in [-0.3, -0.25) is 0 Å². The number of carbonyl (C=O) groups is 1. The fourth-order valence-corrected chi connectivity index (χ4v) is 3.26. The van der Waals surface area contributed by atoms with Crippen LogP contribution in [-0.4, -0.2) is 30.8 Å². The summed E-state index contributed by atoms with van der Waals surface area (Å²) in [7, 11) is 1.98. The third-order valence-electron chi connectivity index (χ3n) is 3.52. The topological polar surface area (TPSA) is 61.4 Å². The van der Waals surface area contributed by atoms with E-state index < -0.39 is 6.09 Å². The van der Waals surface area contributed by atoms with Gasteiger partial charge in [-0.1, -0.05) is 20.8 Å². The third-order valence-corrected chi connectivity index (χ3v) is 3.52. The number of hydrogen-bond acceptors (Lipinski definition) is 2. The quantitative estimate of drug-likeness (QED) is 0.693. The zero-order valence-electron chi connectivity index (χ0n) is 10.8. The molecule has 0 bridgehead atoms. The summed E-state index contributed by atoms with van der Waals surface area (Å²) >= 11 is 0. The van der Waals surface area contributed by atoms with E-state index in [9.17, 15) is 4.79 Å². The first-order valence-electron chi connectivity index (χ1n) is 5.90. The maximum Gasteiger partial charge on any atom is 0.404 e. The summed E-state index contributed by atoms with van der Waals surface area (Å²) in [6, 6.07) is 0.490. The van der Waals surface area contributed by atoms with E-state index in [0.717, 1.165) is 19.3 Å². The van der Waals surface area contributed by atoms with Gasteiger partial charge in [0.1, 0.15) is 0 Å². The summed E-state index contributed by atoms with van der Waals surface area (Å²) in [5.74, 6) is 0. The molecule has 1 rings (SSSR count). The van der Waals surface area contributed by atoms with Gasteiger partial charge >= 0.3 is 6.09 Å². The Hall–Kier alpha value is -0.770. The smallest absolute Gasteiger partial charge is 0.404 e. The zero-order chi connectivity index (χ0) is 12.4. The second-order valence-electron chi connectivity index (χ2n) is 6.20. The molecule has 0 heterocycles. The van der Waals surface area contributed by atoms with Gasteiger partial charge in [0.05, 0.1) is 0 Å². The van der Waals surface area contributed by atoms with Crippen LogP contribution in [0, 0.1) is 10.8 Å². The van der Waals surface area contributed by atoms with Crippen molar-refractivity contribution < 1.29 is 9.90 Å². The highest BCUT2D eigenvalue weighted by Crippen LogP contribution is 2.45. The summed E-state index contributed by atoms with van der Waals surface area (Å²) in [5.41, 5.74) is 0.342. The molecule has 0 radical (unpaired) electrons. The molecule has 2 unspecified atom stereocenters. The first-order valence-corrected chi connectivity index (χ1v) is 5.90. The normalized spacial score (nSPS) is 33.4. The number of amides is 1. The summed E-state index contributed by atoms with van der Waals surface area (Å²) < 4.78 is 0. The molecular weight excluding hydrogens is 204 g/mol. The van der Waals surface area contributed by atoms with Crippen LogP contribution in [0.4, 0.5) is 4.79 Å². The molecule has 1 aliphatic carbocycles. The van der Waals surface area contributed by atoms with Crippen LogP contribution in [0.1, 0.15) is 40.0 Å². The lowest BCUT2D eigenvalue weighted by Crippen LogP contribution is -2.48. The van der Waals surface area contributed by atoms with Crippen LogP contribution in [0.15, 0.2) is 0 Å². The first kappa shape index (κ1) is 13.3. The molecule has 1 amide bonds. The largest absolute Gasteiger partial charge is 0.465 e. The first-order chi connectivity index (χ1) is 7.26. The molecular formula is C12H24N2O2. The molecule has 0 aliphatic heterocycles. The molecule has 3 N–H and O–H groups in total. The summed E-state index contributed by atoms with van der Waals surface area (Å²) in [4.78, 5) is 10.6. The van der Waals surface area contributed by atoms with Crippen molar-refractivity contribution in [2.45, 2.75) is 46.1 Å². The molecule has 0 saturated heterocycles. The molecule has 0 aromatic heterocycles. The second kappa shape index (κ2) is 4.62. The molecule has 4 heteroatoms. The van der Waals surface area contributed by atoms with Crippen molar-refractivity contribution in [2.24, 2.45) is 10.8 Å². The Balaban J connectivity index is 2.66. The van der Waals surface area contributed by atoms with Gasteiger partial charge in [-0.15, -0.1) is 0 Å². The fourth-order valence-electron chi connectivity index (χ4n) is 3.26. The summed E-state index contributed by atoms with van der Waals surface area (Å²) in [6.07, 6.45) is 2.34. The van der Waals surface area contributed by atoms with Crippen LogP contribution < -0.4 is 10.6 Å². The predicted octanol–water partition coefficient (Wildman–Crippen LogP) is 2.06. The van der Waals surface area contributed by atoms with Crippen molar-refractivity contribution in [1.82, 2.24) is 10.6 Å². The van der Waals surface area contributed by atoms with Gasteiger partial charge < -0.3 is 15.7 Å². The van der Waals surface area contributed by atoms with Crippen molar-refractivity contribution in [3.05, 3.63) is 0 Å². The molecule has 1 fully saturated rings. The minimum atomic E-state index is -0.925. The van der Waals surface area contributed by atoms with Gasteiger partial charge in [-0.25, -0.2) is 4.79 Å². The lowest BCUT2D eigenvalue weighted by Gasteiger charge is -2.46. The van der Waals surface area contributed by atoms with Gasteiger partial charge in [0.15, 0.2) is 0 Å². The van der Waals surface area contributed by atoms with E-state index in [-0.39, 0.29) is 10.8 Å². The highest BCUT2D eigenvalue weighted by molar-refractivity contribution is 5.64. The maximum atomic E-state index is 10.6. The van der Waals surface area contributed by atoms with Crippen LogP contribution in [-0.2, 0) is 0 Å². The van der Waals surface area contributed by atoms with Gasteiger partial charge in [0, 0.05) is 12.6 Å². The number of rotatable bonds is 3. The molecule has 0 aromatic rings. The van der Waals surface area contributed by atoms with Gasteiger partial charge in [-0.05, 0) is 37.1 Å². The molecule has 2 atom stereocenters. The van der Waals surface area contributed by atoms with Gasteiger partial charge in [0.2, 0.25) is 0 Å². The van der Waals surface area contributed by atoms with Crippen LogP contribution in [0.3, 0.4) is 0 Å². The highest BCUT2D eigenvalue weighted by Gasteiger charge is 2.40. The number of hydrogen-bond donors (Lipinski definition) is 3. The van der Waals surface area contributed by atoms with Crippen LogP contribution in [0.25, 0.3) is 0 Å². The summed E-state index contributed by atoms with van der Waals surface area (Å²) in [5, 5.41) is 14.5. The van der Waals surface area contributed by atoms with Crippen molar-refractivity contribution in [2.75, 3.05) is 13.6 Å². The Morgan fingerprint density at radius 1 is 1.38 bits per heavy atom. The SMILES string of the molecule is CNC1CC(C)(C)CC(C)(CNC(=O)O)C1. The average molecular weight is 228 g/mol. The van der Waals surface area contributed by atoms with Crippen molar-refractivity contribution >= 4 is 6.09 Å². The van der Waals surface area contributed by atoms with E-state index in [0.29, 0.717) is 12.6 Å². The molecule has 0 aromatic carbocycles. The van der Waals surface area contributed by atoms with Crippen molar-refractivity contribution in [3.8, 4) is 0 Å². The van der Waals surface area contributed by atoms with Crippen LogP contribution in [0.2, 0.25) is 0 Å². The Labute approximate surface area is 97.8 Å². The van der Waals surface area contributed by atoms with Crippen molar-refractivity contribution in [3.63, 3.8) is 0 Å². The van der Waals surface area contributed by atoms with E-state index in [2.05, 4.69) is 31.4 Å². The summed E-state index contributed by atoms with van der Waals surface area (Å²) in [6.45, 7) is 7.24. The van der Waals surface area contributed by atoms with E-state index >= 15 is 0 Å². The minimum absolute atomic E-state index is 0.0633. The lowest BCUT2D eigenvalue weighted by atomic mass is 9.62. The molecule has 1 aliphatic rings. The second-order valence-corrected chi connectivity index (χ2v) is 6.20. The Bertz CT molecular complexity index is 266. The average Bonchev–Trinajstić information content (AvgIpc) is 2.12. The van der Waals surface area contributed by atoms with Crippen LogP contribution in [0.5, 0.6) is 0 Å². The maximum absolute atomic E-state index is 10.6. The Kier molecular flexibility index (Phi) is 3.84. The predicted molar refractivity (Wildman–Crippen MR) is 64.6 cm³/mol. The molecule has 1 saturated carbocycles. The molecule has 94 valence electrons. The van der Waals surface area contributed by atoms with E-state index in [1.54, 1.807) is 0 Å². The van der Waals surface area contributed by atoms with E-state index in [1.807, 2.05) is 7.05 Å². The van der Waals surface area contributed by atoms with Gasteiger partial charge in [0.25, 0.3) is 0 Å². The lowest BCUT2D eigenvalue weighted by molar-refractivity contribution is 0.0722. The van der Waals surface area contributed by atoms with E-state index in [4.69, 9.17) is 5.11 Å². The monoisotopic (exact) mass is 228 g/mol. The van der Waals surface area contributed by atoms with Crippen molar-refractivity contribution in [1.29, 1.82) is 0 Å². The van der Waals surface area contributed by atoms with E-state index in [1.165, 1.54) is 0 Å². The molecule has 4 nitrogen and oxygen atoms in total. The number of carboxylic acid groups (broad SMARTS) is 1. The standard InChI is InChI=1S/C12H24N2O2/c1-11(2)5-9(13-4)6-12(3,7-11)8-14-10(15)16/h9,13-14H,5-8H2,1-4H3,(H,15,16). The Morgan fingerprint density at radius 3 is 2.50 bits per heavy atom. The van der Waals surface area contributed by atoms with Crippen LogP contribution >= 0.6 is 0 Å². The zero-order valence-corrected chi connectivity index (χ0v) is 10.8.